The zero-order valence-corrected chi connectivity index (χ0v) is 7.71. The second-order valence-electron chi connectivity index (χ2n) is 3.16. The van der Waals surface area contributed by atoms with Crippen LogP contribution in [-0.2, 0) is 4.79 Å². The molecular formula is C9H17NO2. The minimum Gasteiger partial charge on any atom is -0.478 e. The topological polar surface area (TPSA) is 63.3 Å². The molecule has 0 heterocycles. The minimum atomic E-state index is -0.962. The molecule has 3 nitrogen and oxygen atoms in total. The van der Waals surface area contributed by atoms with Crippen molar-refractivity contribution in [2.75, 3.05) is 0 Å². The van der Waals surface area contributed by atoms with Crippen molar-refractivity contribution in [3.63, 3.8) is 0 Å². The summed E-state index contributed by atoms with van der Waals surface area (Å²) in [5, 5.41) is 8.37. The summed E-state index contributed by atoms with van der Waals surface area (Å²) >= 11 is 0. The first-order valence-electron chi connectivity index (χ1n) is 4.25. The zero-order valence-electron chi connectivity index (χ0n) is 7.71. The van der Waals surface area contributed by atoms with Gasteiger partial charge in [-0.15, -0.1) is 0 Å². The maximum absolute atomic E-state index is 10.2. The fraction of sp³-hybridized carbons (Fsp3) is 0.667. The van der Waals surface area contributed by atoms with Crippen LogP contribution < -0.4 is 5.73 Å². The zero-order chi connectivity index (χ0) is 9.56. The molecule has 0 aliphatic rings. The summed E-state index contributed by atoms with van der Waals surface area (Å²) in [6.45, 7) is 4.18. The fourth-order valence-corrected chi connectivity index (χ4v) is 1.21. The standard InChI is InChI=1S/C9H17NO2/c1-3-4-7(2)5-8(10)6-9(11)12/h6-7H,3-5,10H2,1-2H3,(H,11,12). The van der Waals surface area contributed by atoms with Crippen LogP contribution in [0.1, 0.15) is 33.1 Å². The van der Waals surface area contributed by atoms with Crippen molar-refractivity contribution in [1.82, 2.24) is 0 Å². The molecule has 0 aliphatic carbocycles. The van der Waals surface area contributed by atoms with Crippen molar-refractivity contribution in [1.29, 1.82) is 0 Å². The van der Waals surface area contributed by atoms with Crippen LogP contribution in [-0.4, -0.2) is 11.1 Å². The van der Waals surface area contributed by atoms with Gasteiger partial charge in [0.1, 0.15) is 0 Å². The molecule has 0 amide bonds. The van der Waals surface area contributed by atoms with Gasteiger partial charge in [-0.2, -0.15) is 0 Å². The lowest BCUT2D eigenvalue weighted by atomic mass is 10.0. The molecule has 3 heteroatoms. The number of carbonyl (C=O) groups is 1. The van der Waals surface area contributed by atoms with E-state index in [4.69, 9.17) is 10.8 Å². The summed E-state index contributed by atoms with van der Waals surface area (Å²) in [5.41, 5.74) is 5.95. The minimum absolute atomic E-state index is 0.462. The fourth-order valence-electron chi connectivity index (χ4n) is 1.21. The third kappa shape index (κ3) is 5.77. The van der Waals surface area contributed by atoms with Gasteiger partial charge in [0.2, 0.25) is 0 Å². The molecule has 70 valence electrons. The third-order valence-electron chi connectivity index (χ3n) is 1.67. The average molecular weight is 171 g/mol. The highest BCUT2D eigenvalue weighted by atomic mass is 16.4. The number of hydrogen-bond acceptors (Lipinski definition) is 2. The summed E-state index contributed by atoms with van der Waals surface area (Å²) in [6.07, 6.45) is 3.96. The summed E-state index contributed by atoms with van der Waals surface area (Å²) in [5.74, 6) is -0.484. The Bertz CT molecular complexity index is 175. The molecule has 0 rings (SSSR count). The molecule has 12 heavy (non-hydrogen) atoms. The Hall–Kier alpha value is -0.990. The van der Waals surface area contributed by atoms with Crippen LogP contribution in [0.5, 0.6) is 0 Å². The van der Waals surface area contributed by atoms with E-state index >= 15 is 0 Å². The number of carboxylic acid groups (broad SMARTS) is 1. The van der Waals surface area contributed by atoms with Gasteiger partial charge < -0.3 is 10.8 Å². The maximum atomic E-state index is 10.2. The van der Waals surface area contributed by atoms with Crippen LogP contribution in [0, 0.1) is 5.92 Å². The summed E-state index contributed by atoms with van der Waals surface area (Å²) in [7, 11) is 0. The van der Waals surface area contributed by atoms with Crippen LogP contribution in [0.15, 0.2) is 11.8 Å². The van der Waals surface area contributed by atoms with Gasteiger partial charge in [0, 0.05) is 11.8 Å². The highest BCUT2D eigenvalue weighted by Gasteiger charge is 2.03. The van der Waals surface area contributed by atoms with E-state index in [1.807, 2.05) is 0 Å². The normalized spacial score (nSPS) is 14.3. The molecule has 0 fully saturated rings. The van der Waals surface area contributed by atoms with Gasteiger partial charge in [0.15, 0.2) is 0 Å². The molecule has 3 N–H and O–H groups in total. The van der Waals surface area contributed by atoms with Gasteiger partial charge in [-0.3, -0.25) is 0 Å². The predicted molar refractivity (Wildman–Crippen MR) is 48.6 cm³/mol. The Labute approximate surface area is 73.3 Å². The Morgan fingerprint density at radius 2 is 2.25 bits per heavy atom. The number of hydrogen-bond donors (Lipinski definition) is 2. The summed E-state index contributed by atoms with van der Waals surface area (Å²) < 4.78 is 0. The Morgan fingerprint density at radius 1 is 1.67 bits per heavy atom. The number of rotatable bonds is 5. The second-order valence-corrected chi connectivity index (χ2v) is 3.16. The lowest BCUT2D eigenvalue weighted by molar-refractivity contribution is -0.131. The van der Waals surface area contributed by atoms with Crippen molar-refractivity contribution in [2.24, 2.45) is 11.7 Å². The van der Waals surface area contributed by atoms with Crippen molar-refractivity contribution in [3.8, 4) is 0 Å². The van der Waals surface area contributed by atoms with E-state index < -0.39 is 5.97 Å². The molecule has 0 aromatic rings. The molecule has 0 saturated carbocycles. The van der Waals surface area contributed by atoms with Crippen molar-refractivity contribution in [2.45, 2.75) is 33.1 Å². The van der Waals surface area contributed by atoms with E-state index in [2.05, 4.69) is 13.8 Å². The van der Waals surface area contributed by atoms with E-state index in [-0.39, 0.29) is 0 Å². The first-order chi connectivity index (χ1) is 5.56. The van der Waals surface area contributed by atoms with E-state index in [1.165, 1.54) is 0 Å². The summed E-state index contributed by atoms with van der Waals surface area (Å²) in [6, 6.07) is 0. The number of allylic oxidation sites excluding steroid dienone is 1. The molecule has 0 aromatic carbocycles. The summed E-state index contributed by atoms with van der Waals surface area (Å²) in [4.78, 5) is 10.2. The maximum Gasteiger partial charge on any atom is 0.330 e. The highest BCUT2D eigenvalue weighted by Crippen LogP contribution is 2.12. The monoisotopic (exact) mass is 171 g/mol. The smallest absolute Gasteiger partial charge is 0.330 e. The lowest BCUT2D eigenvalue weighted by Gasteiger charge is -2.08. The molecule has 0 aliphatic heterocycles. The third-order valence-corrected chi connectivity index (χ3v) is 1.67. The molecule has 0 spiro atoms. The lowest BCUT2D eigenvalue weighted by Crippen LogP contribution is -2.06. The highest BCUT2D eigenvalue weighted by molar-refractivity contribution is 5.80. The van der Waals surface area contributed by atoms with Gasteiger partial charge in [0.05, 0.1) is 0 Å². The van der Waals surface area contributed by atoms with Crippen LogP contribution in [0.25, 0.3) is 0 Å². The SMILES string of the molecule is CCCC(C)CC(N)=CC(=O)O. The van der Waals surface area contributed by atoms with Gasteiger partial charge in [-0.05, 0) is 12.3 Å². The average Bonchev–Trinajstić information content (AvgIpc) is 1.84. The predicted octanol–water partition coefficient (Wildman–Crippen LogP) is 1.74. The number of aliphatic carboxylic acids is 1. The molecule has 0 radical (unpaired) electrons. The largest absolute Gasteiger partial charge is 0.478 e. The first-order valence-corrected chi connectivity index (χ1v) is 4.25. The van der Waals surface area contributed by atoms with Gasteiger partial charge in [-0.25, -0.2) is 4.79 Å². The van der Waals surface area contributed by atoms with Crippen molar-refractivity contribution < 1.29 is 9.90 Å². The Balaban J connectivity index is 3.82. The van der Waals surface area contributed by atoms with Gasteiger partial charge in [-0.1, -0.05) is 26.7 Å². The molecule has 0 aromatic heterocycles. The van der Waals surface area contributed by atoms with E-state index in [0.717, 1.165) is 18.9 Å². The molecule has 1 unspecified atom stereocenters. The van der Waals surface area contributed by atoms with Crippen LogP contribution in [0.3, 0.4) is 0 Å². The van der Waals surface area contributed by atoms with Crippen LogP contribution in [0.2, 0.25) is 0 Å². The molecular weight excluding hydrogens is 154 g/mol. The van der Waals surface area contributed by atoms with Gasteiger partial charge >= 0.3 is 5.97 Å². The molecule has 0 saturated heterocycles. The van der Waals surface area contributed by atoms with Crippen LogP contribution in [0.4, 0.5) is 0 Å². The van der Waals surface area contributed by atoms with Gasteiger partial charge in [0.25, 0.3) is 0 Å². The first kappa shape index (κ1) is 11.0. The van der Waals surface area contributed by atoms with E-state index in [9.17, 15) is 4.79 Å². The number of carboxylic acids is 1. The second kappa shape index (κ2) is 5.63. The van der Waals surface area contributed by atoms with E-state index in [0.29, 0.717) is 18.0 Å². The Morgan fingerprint density at radius 3 is 2.67 bits per heavy atom. The molecule has 1 atom stereocenters. The number of nitrogens with two attached hydrogens (primary N) is 1. The van der Waals surface area contributed by atoms with Crippen LogP contribution >= 0.6 is 0 Å². The molecule has 0 bridgehead atoms. The van der Waals surface area contributed by atoms with Crippen molar-refractivity contribution >= 4 is 5.97 Å². The Kier molecular flexibility index (Phi) is 5.17. The van der Waals surface area contributed by atoms with Crippen molar-refractivity contribution in [3.05, 3.63) is 11.8 Å². The van der Waals surface area contributed by atoms with E-state index in [1.54, 1.807) is 0 Å². The quantitative estimate of drug-likeness (QED) is 0.619.